The zero-order valence-electron chi connectivity index (χ0n) is 10.4. The highest BCUT2D eigenvalue weighted by Gasteiger charge is 2.40. The summed E-state index contributed by atoms with van der Waals surface area (Å²) in [5.41, 5.74) is -0.190. The standard InChI is InChI=1S/C12H8Cl2F4N2S/c13-11(15,16)8-7-5-3-1-2-4-6(5)21-9(7)20-10(19-8)12(14,17)18/h1-4H2. The third kappa shape index (κ3) is 2.71. The van der Waals surface area contributed by atoms with Crippen molar-refractivity contribution in [3.63, 3.8) is 0 Å². The summed E-state index contributed by atoms with van der Waals surface area (Å²) in [6.45, 7) is 0. The maximum absolute atomic E-state index is 13.6. The predicted octanol–water partition coefficient (Wildman–Crippen LogP) is 5.15. The van der Waals surface area contributed by atoms with Crippen LogP contribution >= 0.6 is 34.5 Å². The average Bonchev–Trinajstić information content (AvgIpc) is 2.73. The third-order valence-corrected chi connectivity index (χ3v) is 4.87. The largest absolute Gasteiger partial charge is 0.381 e. The second-order valence-electron chi connectivity index (χ2n) is 4.78. The van der Waals surface area contributed by atoms with E-state index in [-0.39, 0.29) is 10.2 Å². The summed E-state index contributed by atoms with van der Waals surface area (Å²) >= 11 is 11.0. The number of alkyl halides is 6. The number of nitrogens with zero attached hydrogens (tertiary/aromatic N) is 2. The van der Waals surface area contributed by atoms with E-state index in [9.17, 15) is 17.6 Å². The van der Waals surface area contributed by atoms with Crippen LogP contribution in [0.5, 0.6) is 0 Å². The van der Waals surface area contributed by atoms with Gasteiger partial charge in [0.15, 0.2) is 0 Å². The molecule has 0 aliphatic heterocycles. The summed E-state index contributed by atoms with van der Waals surface area (Å²) in [6.07, 6.45) is 3.09. The molecule has 114 valence electrons. The Morgan fingerprint density at radius 3 is 2.24 bits per heavy atom. The minimum atomic E-state index is -3.92. The maximum atomic E-state index is 13.6. The Morgan fingerprint density at radius 1 is 0.952 bits per heavy atom. The highest BCUT2D eigenvalue weighted by atomic mass is 35.5. The summed E-state index contributed by atoms with van der Waals surface area (Å²) in [4.78, 5) is 7.88. The molecule has 0 saturated carbocycles. The van der Waals surface area contributed by atoms with E-state index in [1.807, 2.05) is 0 Å². The fourth-order valence-corrected chi connectivity index (χ4v) is 3.97. The lowest BCUT2D eigenvalue weighted by Crippen LogP contribution is -2.16. The molecule has 21 heavy (non-hydrogen) atoms. The summed E-state index contributed by atoms with van der Waals surface area (Å²) < 4.78 is 53.6. The highest BCUT2D eigenvalue weighted by molar-refractivity contribution is 7.18. The van der Waals surface area contributed by atoms with Crippen molar-refractivity contribution in [2.45, 2.75) is 36.4 Å². The van der Waals surface area contributed by atoms with Crippen LogP contribution in [0.3, 0.4) is 0 Å². The minimum absolute atomic E-state index is 0.0857. The van der Waals surface area contributed by atoms with E-state index in [4.69, 9.17) is 23.2 Å². The molecule has 2 nitrogen and oxygen atoms in total. The van der Waals surface area contributed by atoms with Crippen LogP contribution in [0.25, 0.3) is 10.2 Å². The van der Waals surface area contributed by atoms with Gasteiger partial charge in [0, 0.05) is 10.3 Å². The van der Waals surface area contributed by atoms with Gasteiger partial charge in [-0.1, -0.05) is 0 Å². The Hall–Kier alpha value is -0.660. The monoisotopic (exact) mass is 358 g/mol. The lowest BCUT2D eigenvalue weighted by atomic mass is 9.96. The summed E-state index contributed by atoms with van der Waals surface area (Å²) in [5, 5.41) is -7.68. The van der Waals surface area contributed by atoms with E-state index in [1.54, 1.807) is 0 Å². The van der Waals surface area contributed by atoms with E-state index in [1.165, 1.54) is 0 Å². The lowest BCUT2D eigenvalue weighted by molar-refractivity contribution is 0.0754. The van der Waals surface area contributed by atoms with Gasteiger partial charge in [-0.2, -0.15) is 17.6 Å². The van der Waals surface area contributed by atoms with Crippen molar-refractivity contribution in [2.24, 2.45) is 0 Å². The number of rotatable bonds is 2. The molecule has 0 bridgehead atoms. The summed E-state index contributed by atoms with van der Waals surface area (Å²) in [6, 6.07) is 0. The predicted molar refractivity (Wildman–Crippen MR) is 73.6 cm³/mol. The molecule has 0 saturated heterocycles. The van der Waals surface area contributed by atoms with Crippen LogP contribution in [0, 0.1) is 0 Å². The molecule has 0 spiro atoms. The first kappa shape index (κ1) is 15.2. The topological polar surface area (TPSA) is 25.8 Å². The van der Waals surface area contributed by atoms with Crippen LogP contribution in [-0.2, 0) is 23.6 Å². The number of thiophene rings is 1. The van der Waals surface area contributed by atoms with E-state index in [0.29, 0.717) is 12.0 Å². The SMILES string of the molecule is FC(F)(Cl)c1nc(C(F)(F)Cl)c2c3c(sc2n1)CCCC3. The summed E-state index contributed by atoms with van der Waals surface area (Å²) in [7, 11) is 0. The van der Waals surface area contributed by atoms with Gasteiger partial charge in [-0.15, -0.1) is 11.3 Å². The molecule has 9 heteroatoms. The number of fused-ring (bicyclic) bond motifs is 3. The first-order valence-corrected chi connectivity index (χ1v) is 7.72. The van der Waals surface area contributed by atoms with Gasteiger partial charge in [-0.25, -0.2) is 9.97 Å². The zero-order chi connectivity index (χ0) is 15.4. The van der Waals surface area contributed by atoms with E-state index >= 15 is 0 Å². The molecule has 0 fully saturated rings. The van der Waals surface area contributed by atoms with Gasteiger partial charge in [0.1, 0.15) is 10.5 Å². The number of hydrogen-bond donors (Lipinski definition) is 0. The molecule has 3 rings (SSSR count). The number of halogens is 6. The second-order valence-corrected chi connectivity index (χ2v) is 6.82. The van der Waals surface area contributed by atoms with Crippen molar-refractivity contribution in [1.82, 2.24) is 9.97 Å². The van der Waals surface area contributed by atoms with E-state index in [2.05, 4.69) is 9.97 Å². The summed E-state index contributed by atoms with van der Waals surface area (Å²) in [5.74, 6) is -1.15. The van der Waals surface area contributed by atoms with Crippen LogP contribution in [0.1, 0.15) is 34.8 Å². The Bertz CT molecular complexity index is 706. The number of aryl methyl sites for hydroxylation is 2. The Morgan fingerprint density at radius 2 is 1.62 bits per heavy atom. The zero-order valence-corrected chi connectivity index (χ0v) is 12.7. The first-order chi connectivity index (χ1) is 9.68. The molecule has 1 aliphatic rings. The number of aromatic nitrogens is 2. The first-order valence-electron chi connectivity index (χ1n) is 6.14. The Kier molecular flexibility index (Phi) is 3.58. The van der Waals surface area contributed by atoms with Gasteiger partial charge < -0.3 is 0 Å². The molecule has 0 aromatic carbocycles. The third-order valence-electron chi connectivity index (χ3n) is 3.34. The maximum Gasteiger partial charge on any atom is 0.381 e. The van der Waals surface area contributed by atoms with Crippen LogP contribution in [-0.4, -0.2) is 9.97 Å². The fourth-order valence-electron chi connectivity index (χ4n) is 2.49. The van der Waals surface area contributed by atoms with Crippen LogP contribution in [0.15, 0.2) is 0 Å². The molecule has 0 N–H and O–H groups in total. The molecule has 0 atom stereocenters. The molecule has 2 aromatic heterocycles. The quantitative estimate of drug-likeness (QED) is 0.548. The van der Waals surface area contributed by atoms with E-state index in [0.717, 1.165) is 35.5 Å². The van der Waals surface area contributed by atoms with Crippen molar-refractivity contribution < 1.29 is 17.6 Å². The van der Waals surface area contributed by atoms with Gasteiger partial charge in [0.25, 0.3) is 0 Å². The van der Waals surface area contributed by atoms with Gasteiger partial charge in [-0.3, -0.25) is 0 Å². The minimum Gasteiger partial charge on any atom is -0.222 e. The smallest absolute Gasteiger partial charge is 0.222 e. The molecule has 1 aliphatic carbocycles. The van der Waals surface area contributed by atoms with Crippen molar-refractivity contribution >= 4 is 44.8 Å². The van der Waals surface area contributed by atoms with Crippen LogP contribution in [0.4, 0.5) is 17.6 Å². The molecular weight excluding hydrogens is 351 g/mol. The molecule has 0 radical (unpaired) electrons. The van der Waals surface area contributed by atoms with Crippen LogP contribution < -0.4 is 0 Å². The van der Waals surface area contributed by atoms with Crippen molar-refractivity contribution in [3.05, 3.63) is 22.0 Å². The number of hydrogen-bond acceptors (Lipinski definition) is 3. The van der Waals surface area contributed by atoms with Crippen molar-refractivity contribution in [1.29, 1.82) is 0 Å². The lowest BCUT2D eigenvalue weighted by Gasteiger charge is -2.15. The fraction of sp³-hybridized carbons (Fsp3) is 0.500. The van der Waals surface area contributed by atoms with Gasteiger partial charge >= 0.3 is 10.8 Å². The van der Waals surface area contributed by atoms with E-state index < -0.39 is 22.3 Å². The van der Waals surface area contributed by atoms with Gasteiger partial charge in [0.05, 0.1) is 0 Å². The normalized spacial score (nSPS) is 16.3. The molecule has 0 unspecified atom stereocenters. The van der Waals surface area contributed by atoms with Gasteiger partial charge in [-0.05, 0) is 54.4 Å². The Labute approximate surface area is 131 Å². The molecule has 2 aromatic rings. The molecule has 0 amide bonds. The second kappa shape index (κ2) is 4.93. The van der Waals surface area contributed by atoms with Crippen LogP contribution in [0.2, 0.25) is 0 Å². The Balaban J connectivity index is 2.35. The molecule has 2 heterocycles. The van der Waals surface area contributed by atoms with Crippen molar-refractivity contribution in [3.8, 4) is 0 Å². The van der Waals surface area contributed by atoms with Gasteiger partial charge in [0.2, 0.25) is 5.82 Å². The van der Waals surface area contributed by atoms with Crippen molar-refractivity contribution in [2.75, 3.05) is 0 Å². The average molecular weight is 359 g/mol. The molecular formula is C12H8Cl2F4N2S. The highest BCUT2D eigenvalue weighted by Crippen LogP contribution is 2.44.